The van der Waals surface area contributed by atoms with Gasteiger partial charge in [0, 0.05) is 36.8 Å². The van der Waals surface area contributed by atoms with Crippen molar-refractivity contribution >= 4 is 45.8 Å². The Morgan fingerprint density at radius 2 is 1.93 bits per heavy atom. The number of carbonyl (C=O) groups excluding carboxylic acids is 2. The Labute approximate surface area is 268 Å². The van der Waals surface area contributed by atoms with Crippen molar-refractivity contribution in [2.75, 3.05) is 27.2 Å². The first kappa shape index (κ1) is 34.3. The highest BCUT2D eigenvalue weighted by Gasteiger charge is 2.44. The summed E-state index contributed by atoms with van der Waals surface area (Å²) in [7, 11) is 3.13. The first-order valence-corrected chi connectivity index (χ1v) is 15.6. The highest BCUT2D eigenvalue weighted by atomic mass is 35.5. The molecule has 0 radical (unpaired) electrons. The molecule has 45 heavy (non-hydrogen) atoms. The van der Waals surface area contributed by atoms with Gasteiger partial charge in [0.05, 0.1) is 19.2 Å². The van der Waals surface area contributed by atoms with Crippen LogP contribution in [-0.2, 0) is 15.7 Å². The van der Waals surface area contributed by atoms with Gasteiger partial charge in [0.15, 0.2) is 5.69 Å². The van der Waals surface area contributed by atoms with E-state index in [4.69, 9.17) is 25.8 Å². The van der Waals surface area contributed by atoms with E-state index < -0.39 is 35.7 Å². The Kier molecular flexibility index (Phi) is 10.5. The van der Waals surface area contributed by atoms with Crippen molar-refractivity contribution in [1.82, 2.24) is 19.8 Å². The lowest BCUT2D eigenvalue weighted by Crippen LogP contribution is -2.48. The molecule has 1 aliphatic heterocycles. The van der Waals surface area contributed by atoms with Crippen LogP contribution in [0.15, 0.2) is 36.2 Å². The molecule has 2 aromatic heterocycles. The van der Waals surface area contributed by atoms with Gasteiger partial charge in [-0.3, -0.25) is 9.69 Å². The summed E-state index contributed by atoms with van der Waals surface area (Å²) in [5, 5.41) is 1.53. The van der Waals surface area contributed by atoms with Crippen molar-refractivity contribution in [1.29, 1.82) is 0 Å². The van der Waals surface area contributed by atoms with Gasteiger partial charge in [0.25, 0.3) is 0 Å². The topological polar surface area (TPSA) is 94.1 Å². The third kappa shape index (κ3) is 8.18. The van der Waals surface area contributed by atoms with E-state index in [0.717, 1.165) is 36.0 Å². The Morgan fingerprint density at radius 1 is 1.20 bits per heavy atom. The van der Waals surface area contributed by atoms with Crippen molar-refractivity contribution in [3.63, 3.8) is 0 Å². The number of amides is 2. The number of allylic oxidation sites excluding steroid dienone is 1. The third-order valence-electron chi connectivity index (χ3n) is 7.08. The van der Waals surface area contributed by atoms with Crippen molar-refractivity contribution in [2.45, 2.75) is 70.4 Å². The normalized spacial score (nSPS) is 17.0. The van der Waals surface area contributed by atoms with Crippen LogP contribution >= 0.6 is 22.9 Å². The van der Waals surface area contributed by atoms with Gasteiger partial charge in [0.2, 0.25) is 5.91 Å². The molecule has 1 aliphatic rings. The number of methoxy groups -OCH3 is 1. The SMILES string of the molecule is C=CCCCCN(C)C(=O)[C@@H]1C[C@H](Oc2cc(-c3nc(C(F)(F)F)cs3)nc3c(Cl)c(OC)ccc23)CN1C(=O)OC(C)(C)C. The number of hydrogen-bond donors (Lipinski definition) is 0. The third-order valence-corrected chi connectivity index (χ3v) is 8.31. The molecule has 0 N–H and O–H groups in total. The van der Waals surface area contributed by atoms with E-state index in [9.17, 15) is 22.8 Å². The Hall–Kier alpha value is -3.58. The fourth-order valence-electron chi connectivity index (χ4n) is 4.92. The second-order valence-corrected chi connectivity index (χ2v) is 12.9. The number of rotatable bonds is 10. The minimum Gasteiger partial charge on any atom is -0.495 e. The summed E-state index contributed by atoms with van der Waals surface area (Å²) in [6.45, 7) is 9.48. The molecule has 2 amide bonds. The van der Waals surface area contributed by atoms with Crippen LogP contribution in [0, 0.1) is 0 Å². The van der Waals surface area contributed by atoms with Gasteiger partial charge in [-0.1, -0.05) is 17.7 Å². The maximum Gasteiger partial charge on any atom is 0.434 e. The largest absolute Gasteiger partial charge is 0.495 e. The number of hydrogen-bond acceptors (Lipinski definition) is 8. The number of carbonyl (C=O) groups is 2. The maximum atomic E-state index is 13.6. The summed E-state index contributed by atoms with van der Waals surface area (Å²) in [5.41, 5.74) is -1.49. The predicted octanol–water partition coefficient (Wildman–Crippen LogP) is 7.61. The van der Waals surface area contributed by atoms with Crippen LogP contribution in [-0.4, -0.2) is 76.8 Å². The summed E-state index contributed by atoms with van der Waals surface area (Å²) in [5.74, 6) is 0.318. The number of alkyl halides is 3. The summed E-state index contributed by atoms with van der Waals surface area (Å²) in [4.78, 5) is 38.1. The first-order valence-electron chi connectivity index (χ1n) is 14.4. The van der Waals surface area contributed by atoms with E-state index in [1.807, 2.05) is 6.08 Å². The van der Waals surface area contributed by atoms with Crippen LogP contribution in [0.3, 0.4) is 0 Å². The number of likely N-dealkylation sites (N-methyl/N-ethyl adjacent to an activating group) is 1. The fourth-order valence-corrected chi connectivity index (χ4v) is 5.99. The molecule has 9 nitrogen and oxygen atoms in total. The molecule has 244 valence electrons. The van der Waals surface area contributed by atoms with Crippen molar-refractivity contribution in [3.05, 3.63) is 47.0 Å². The monoisotopic (exact) mass is 668 g/mol. The van der Waals surface area contributed by atoms with E-state index >= 15 is 0 Å². The van der Waals surface area contributed by atoms with Crippen LogP contribution in [0.1, 0.15) is 52.1 Å². The quantitative estimate of drug-likeness (QED) is 0.162. The number of nitrogens with zero attached hydrogens (tertiary/aromatic N) is 4. The van der Waals surface area contributed by atoms with Crippen molar-refractivity contribution < 1.29 is 37.0 Å². The van der Waals surface area contributed by atoms with Gasteiger partial charge in [-0.2, -0.15) is 13.2 Å². The van der Waals surface area contributed by atoms with E-state index in [-0.39, 0.29) is 45.9 Å². The molecule has 0 saturated carbocycles. The molecule has 3 heterocycles. The number of thiazole rings is 1. The molecule has 0 bridgehead atoms. The number of unbranched alkanes of at least 4 members (excludes halogenated alkanes) is 2. The number of likely N-dealkylation sites (tertiary alicyclic amines) is 1. The zero-order valence-electron chi connectivity index (χ0n) is 25.7. The molecule has 1 fully saturated rings. The molecule has 0 aliphatic carbocycles. The molecule has 0 unspecified atom stereocenters. The molecular weight excluding hydrogens is 633 g/mol. The molecule has 1 aromatic carbocycles. The molecule has 14 heteroatoms. The van der Waals surface area contributed by atoms with E-state index in [1.165, 1.54) is 18.1 Å². The van der Waals surface area contributed by atoms with Gasteiger partial charge in [-0.15, -0.1) is 17.9 Å². The smallest absolute Gasteiger partial charge is 0.434 e. The van der Waals surface area contributed by atoms with Gasteiger partial charge >= 0.3 is 12.3 Å². The zero-order valence-corrected chi connectivity index (χ0v) is 27.3. The minimum atomic E-state index is -4.62. The zero-order chi connectivity index (χ0) is 33.1. The van der Waals surface area contributed by atoms with E-state index in [2.05, 4.69) is 16.5 Å². The lowest BCUT2D eigenvalue weighted by atomic mass is 10.1. The summed E-state index contributed by atoms with van der Waals surface area (Å²) < 4.78 is 57.4. The molecule has 1 saturated heterocycles. The average molecular weight is 669 g/mol. The summed E-state index contributed by atoms with van der Waals surface area (Å²) in [6.07, 6.45) is -1.47. The van der Waals surface area contributed by atoms with Crippen molar-refractivity contribution in [2.24, 2.45) is 0 Å². The molecule has 4 rings (SSSR count). The second kappa shape index (κ2) is 13.8. The number of benzene rings is 1. The van der Waals surface area contributed by atoms with Crippen LogP contribution in [0.25, 0.3) is 21.6 Å². The van der Waals surface area contributed by atoms with Gasteiger partial charge in [-0.25, -0.2) is 14.8 Å². The number of aromatic nitrogens is 2. The van der Waals surface area contributed by atoms with Crippen molar-refractivity contribution in [3.8, 4) is 22.2 Å². The van der Waals surface area contributed by atoms with Gasteiger partial charge in [-0.05, 0) is 52.2 Å². The van der Waals surface area contributed by atoms with Gasteiger partial charge < -0.3 is 19.1 Å². The predicted molar refractivity (Wildman–Crippen MR) is 167 cm³/mol. The first-order chi connectivity index (χ1) is 21.1. The summed E-state index contributed by atoms with van der Waals surface area (Å²) >= 11 is 7.37. The highest BCUT2D eigenvalue weighted by Crippen LogP contribution is 2.41. The fraction of sp³-hybridized carbons (Fsp3) is 0.484. The number of fused-ring (bicyclic) bond motifs is 1. The minimum absolute atomic E-state index is 0.0147. The maximum absolute atomic E-state index is 13.6. The lowest BCUT2D eigenvalue weighted by molar-refractivity contribution is -0.140. The molecular formula is C31H36ClF3N4O5S. The van der Waals surface area contributed by atoms with Crippen LogP contribution < -0.4 is 9.47 Å². The Balaban J connectivity index is 1.69. The highest BCUT2D eigenvalue weighted by molar-refractivity contribution is 7.13. The molecule has 0 spiro atoms. The van der Waals surface area contributed by atoms with Crippen LogP contribution in [0.2, 0.25) is 5.02 Å². The van der Waals surface area contributed by atoms with E-state index in [0.29, 0.717) is 17.7 Å². The lowest BCUT2D eigenvalue weighted by Gasteiger charge is -2.30. The van der Waals surface area contributed by atoms with Crippen LogP contribution in [0.5, 0.6) is 11.5 Å². The number of pyridine rings is 1. The molecule has 2 atom stereocenters. The Bertz CT molecular complexity index is 1560. The summed E-state index contributed by atoms with van der Waals surface area (Å²) in [6, 6.07) is 3.94. The second-order valence-electron chi connectivity index (χ2n) is 11.7. The average Bonchev–Trinajstić information content (AvgIpc) is 3.63. The van der Waals surface area contributed by atoms with Gasteiger partial charge in [0.1, 0.15) is 45.0 Å². The van der Waals surface area contributed by atoms with Crippen LogP contribution in [0.4, 0.5) is 18.0 Å². The Morgan fingerprint density at radius 3 is 2.56 bits per heavy atom. The number of ether oxygens (including phenoxy) is 3. The molecule has 3 aromatic rings. The number of halogens is 4. The standard InChI is InChI=1S/C31H36ClF3N4O5S/c1-7-8-9-10-13-38(5)28(40)21-14-18(16-39(21)29(41)44-30(2,3)4)43-23-15-20(27-37-24(17-45-27)31(33,34)35)36-26-19(23)11-12-22(42-6)25(26)32/h7,11-12,15,17-18,21H,1,8-10,13-14,16H2,2-6H3/t18-,21-/m0/s1. The van der Waals surface area contributed by atoms with E-state index in [1.54, 1.807) is 44.9 Å².